The maximum Gasteiger partial charge on any atom is 0.308 e. The molecule has 74 valence electrons. The lowest BCUT2D eigenvalue weighted by molar-refractivity contribution is -0.138. The molecule has 2 atom stereocenters. The van der Waals surface area contributed by atoms with E-state index >= 15 is 0 Å². The van der Waals surface area contributed by atoms with Crippen molar-refractivity contribution in [2.75, 3.05) is 5.32 Å². The molecule has 1 aromatic carbocycles. The summed E-state index contributed by atoms with van der Waals surface area (Å²) in [6.07, 6.45) is 0.728. The molecule has 2 unspecified atom stereocenters. The Morgan fingerprint density at radius 1 is 1.43 bits per heavy atom. The summed E-state index contributed by atoms with van der Waals surface area (Å²) in [5.74, 6) is -0.918. The second-order valence-corrected chi connectivity index (χ2v) is 4.35. The van der Waals surface area contributed by atoms with Crippen molar-refractivity contribution < 1.29 is 9.90 Å². The zero-order valence-corrected chi connectivity index (χ0v) is 8.99. The first-order chi connectivity index (χ1) is 6.66. The van der Waals surface area contributed by atoms with Crippen LogP contribution in [0.1, 0.15) is 6.42 Å². The maximum atomic E-state index is 10.6. The molecule has 1 aromatic rings. The van der Waals surface area contributed by atoms with Crippen LogP contribution in [0.25, 0.3) is 0 Å². The normalized spacial score (nSPS) is 24.4. The van der Waals surface area contributed by atoms with E-state index in [9.17, 15) is 4.79 Å². The summed E-state index contributed by atoms with van der Waals surface area (Å²) in [6, 6.07) is 7.83. The molecule has 1 aliphatic carbocycles. The van der Waals surface area contributed by atoms with Gasteiger partial charge in [-0.3, -0.25) is 4.79 Å². The number of carboxylic acid groups (broad SMARTS) is 1. The van der Waals surface area contributed by atoms with Gasteiger partial charge in [0.1, 0.15) is 0 Å². The Labute approximate surface area is 90.3 Å². The lowest BCUT2D eigenvalue weighted by atomic mass is 10.3. The van der Waals surface area contributed by atoms with Crippen LogP contribution in [0.5, 0.6) is 0 Å². The van der Waals surface area contributed by atoms with Crippen molar-refractivity contribution in [2.24, 2.45) is 5.92 Å². The van der Waals surface area contributed by atoms with Crippen molar-refractivity contribution in [3.8, 4) is 0 Å². The number of anilines is 1. The number of hydrogen-bond donors (Lipinski definition) is 2. The van der Waals surface area contributed by atoms with Crippen LogP contribution >= 0.6 is 15.9 Å². The average Bonchev–Trinajstić information content (AvgIpc) is 2.88. The van der Waals surface area contributed by atoms with E-state index in [0.29, 0.717) is 0 Å². The van der Waals surface area contributed by atoms with E-state index in [1.165, 1.54) is 0 Å². The maximum absolute atomic E-state index is 10.6. The second kappa shape index (κ2) is 3.61. The molecule has 0 saturated heterocycles. The first-order valence-corrected chi connectivity index (χ1v) is 5.21. The van der Waals surface area contributed by atoms with E-state index in [1.54, 1.807) is 0 Å². The Balaban J connectivity index is 1.94. The largest absolute Gasteiger partial charge is 0.481 e. The van der Waals surface area contributed by atoms with E-state index in [1.807, 2.05) is 24.3 Å². The molecule has 0 heterocycles. The van der Waals surface area contributed by atoms with Crippen molar-refractivity contribution in [3.63, 3.8) is 0 Å². The fourth-order valence-corrected chi connectivity index (χ4v) is 1.65. The Hall–Kier alpha value is -1.03. The van der Waals surface area contributed by atoms with Crippen LogP contribution in [-0.4, -0.2) is 17.1 Å². The Bertz CT molecular complexity index is 350. The standard InChI is InChI=1S/C10H10BrNO2/c11-6-1-3-7(4-2-6)12-9-5-8(9)10(13)14/h1-4,8-9,12H,5H2,(H,13,14). The first kappa shape index (κ1) is 9.52. The second-order valence-electron chi connectivity index (χ2n) is 3.44. The van der Waals surface area contributed by atoms with Gasteiger partial charge in [-0.15, -0.1) is 0 Å². The zero-order chi connectivity index (χ0) is 10.1. The van der Waals surface area contributed by atoms with Crippen molar-refractivity contribution in [1.82, 2.24) is 0 Å². The van der Waals surface area contributed by atoms with Crippen LogP contribution < -0.4 is 5.32 Å². The molecule has 2 N–H and O–H groups in total. The van der Waals surface area contributed by atoms with Gasteiger partial charge in [0.15, 0.2) is 0 Å². The molecule has 2 rings (SSSR count). The summed E-state index contributed by atoms with van der Waals surface area (Å²) in [4.78, 5) is 10.6. The molecule has 0 aromatic heterocycles. The Morgan fingerprint density at radius 2 is 2.07 bits per heavy atom. The van der Waals surface area contributed by atoms with Gasteiger partial charge in [0, 0.05) is 16.2 Å². The Kier molecular flexibility index (Phi) is 2.46. The van der Waals surface area contributed by atoms with Crippen LogP contribution in [-0.2, 0) is 4.79 Å². The van der Waals surface area contributed by atoms with Gasteiger partial charge < -0.3 is 10.4 Å². The predicted octanol–water partition coefficient (Wildman–Crippen LogP) is 2.33. The summed E-state index contributed by atoms with van der Waals surface area (Å²) in [5.41, 5.74) is 0.974. The minimum Gasteiger partial charge on any atom is -0.481 e. The van der Waals surface area contributed by atoms with Gasteiger partial charge >= 0.3 is 5.97 Å². The van der Waals surface area contributed by atoms with Crippen molar-refractivity contribution >= 4 is 27.6 Å². The summed E-state index contributed by atoms with van der Waals surface area (Å²) in [5, 5.41) is 11.9. The lowest BCUT2D eigenvalue weighted by Gasteiger charge is -2.04. The number of carbonyl (C=O) groups is 1. The molecular formula is C10H10BrNO2. The van der Waals surface area contributed by atoms with Gasteiger partial charge in [-0.05, 0) is 30.7 Å². The zero-order valence-electron chi connectivity index (χ0n) is 7.40. The number of carboxylic acids is 1. The van der Waals surface area contributed by atoms with Gasteiger partial charge in [-0.25, -0.2) is 0 Å². The molecule has 0 bridgehead atoms. The molecule has 3 nitrogen and oxygen atoms in total. The van der Waals surface area contributed by atoms with Crippen LogP contribution in [0.3, 0.4) is 0 Å². The van der Waals surface area contributed by atoms with E-state index < -0.39 is 5.97 Å². The van der Waals surface area contributed by atoms with Crippen molar-refractivity contribution in [1.29, 1.82) is 0 Å². The molecule has 14 heavy (non-hydrogen) atoms. The molecule has 1 aliphatic rings. The number of rotatable bonds is 3. The third-order valence-electron chi connectivity index (χ3n) is 2.30. The quantitative estimate of drug-likeness (QED) is 0.872. The third-order valence-corrected chi connectivity index (χ3v) is 2.83. The minimum absolute atomic E-state index is 0.105. The molecule has 1 saturated carbocycles. The third kappa shape index (κ3) is 2.07. The summed E-state index contributed by atoms with van der Waals surface area (Å²) < 4.78 is 1.02. The van der Waals surface area contributed by atoms with Crippen molar-refractivity contribution in [3.05, 3.63) is 28.7 Å². The average molecular weight is 256 g/mol. The van der Waals surface area contributed by atoms with Crippen molar-refractivity contribution in [2.45, 2.75) is 12.5 Å². The fourth-order valence-electron chi connectivity index (χ4n) is 1.39. The van der Waals surface area contributed by atoms with Crippen LogP contribution in [0, 0.1) is 5.92 Å². The Morgan fingerprint density at radius 3 is 2.57 bits per heavy atom. The SMILES string of the molecule is O=C(O)C1CC1Nc1ccc(Br)cc1. The molecule has 4 heteroatoms. The van der Waals surface area contributed by atoms with Gasteiger partial charge in [0.2, 0.25) is 0 Å². The van der Waals surface area contributed by atoms with Gasteiger partial charge in [0.05, 0.1) is 5.92 Å². The highest BCUT2D eigenvalue weighted by molar-refractivity contribution is 9.10. The summed E-state index contributed by atoms with van der Waals surface area (Å²) in [7, 11) is 0. The first-order valence-electron chi connectivity index (χ1n) is 4.42. The van der Waals surface area contributed by atoms with E-state index in [2.05, 4.69) is 21.2 Å². The molecule has 1 fully saturated rings. The number of halogens is 1. The molecule has 0 aliphatic heterocycles. The number of aliphatic carboxylic acids is 1. The fraction of sp³-hybridized carbons (Fsp3) is 0.300. The van der Waals surface area contributed by atoms with Crippen LogP contribution in [0.4, 0.5) is 5.69 Å². The van der Waals surface area contributed by atoms with E-state index in [0.717, 1.165) is 16.6 Å². The lowest BCUT2D eigenvalue weighted by Crippen LogP contribution is -2.09. The minimum atomic E-state index is -0.709. The molecule has 0 radical (unpaired) electrons. The number of nitrogens with one attached hydrogen (secondary N) is 1. The molecule has 0 spiro atoms. The number of benzene rings is 1. The van der Waals surface area contributed by atoms with E-state index in [4.69, 9.17) is 5.11 Å². The van der Waals surface area contributed by atoms with Gasteiger partial charge in [-0.1, -0.05) is 15.9 Å². The summed E-state index contributed by atoms with van der Waals surface area (Å²) >= 11 is 3.34. The van der Waals surface area contributed by atoms with Crippen LogP contribution in [0.2, 0.25) is 0 Å². The summed E-state index contributed by atoms with van der Waals surface area (Å²) in [6.45, 7) is 0. The molecular weight excluding hydrogens is 246 g/mol. The highest BCUT2D eigenvalue weighted by Crippen LogP contribution is 2.33. The topological polar surface area (TPSA) is 49.3 Å². The van der Waals surface area contributed by atoms with Gasteiger partial charge in [-0.2, -0.15) is 0 Å². The molecule has 0 amide bonds. The highest BCUT2D eigenvalue weighted by atomic mass is 79.9. The van der Waals surface area contributed by atoms with Crippen LogP contribution in [0.15, 0.2) is 28.7 Å². The highest BCUT2D eigenvalue weighted by Gasteiger charge is 2.43. The monoisotopic (exact) mass is 255 g/mol. The van der Waals surface area contributed by atoms with Gasteiger partial charge in [0.25, 0.3) is 0 Å². The number of hydrogen-bond acceptors (Lipinski definition) is 2. The smallest absolute Gasteiger partial charge is 0.308 e. The van der Waals surface area contributed by atoms with E-state index in [-0.39, 0.29) is 12.0 Å². The predicted molar refractivity (Wildman–Crippen MR) is 57.3 cm³/mol.